The second kappa shape index (κ2) is 12.1. The van der Waals surface area contributed by atoms with Crippen molar-refractivity contribution in [2.45, 2.75) is 117 Å². The quantitative estimate of drug-likeness (QED) is 0.219. The van der Waals surface area contributed by atoms with Crippen LogP contribution in [0.5, 0.6) is 0 Å². The van der Waals surface area contributed by atoms with Gasteiger partial charge in [0.05, 0.1) is 0 Å². The molecule has 1 heterocycles. The van der Waals surface area contributed by atoms with E-state index in [2.05, 4.69) is 24.8 Å². The van der Waals surface area contributed by atoms with E-state index in [0.29, 0.717) is 6.42 Å². The standard InChI is InChI=1S/C27H47F3N2O/c1-6-7-8-9-10-11-12-13-14-15-19-32-20-17-22-25(2,3)23(16-18-26(22,4)21-32)31(5)24(33)27(28,29)30/h17,23H,6-16,18-21H2,1-5H3/t23-,26+/m1/s1. The topological polar surface area (TPSA) is 23.6 Å². The number of hydrogen-bond donors (Lipinski definition) is 0. The lowest BCUT2D eigenvalue weighted by molar-refractivity contribution is -0.189. The average molecular weight is 473 g/mol. The van der Waals surface area contributed by atoms with Gasteiger partial charge in [0.2, 0.25) is 0 Å². The van der Waals surface area contributed by atoms with Gasteiger partial charge in [-0.3, -0.25) is 9.69 Å². The van der Waals surface area contributed by atoms with E-state index >= 15 is 0 Å². The summed E-state index contributed by atoms with van der Waals surface area (Å²) in [5.74, 6) is -1.73. The zero-order chi connectivity index (χ0) is 24.7. The molecule has 0 saturated heterocycles. The summed E-state index contributed by atoms with van der Waals surface area (Å²) in [6.07, 6.45) is 12.2. The molecule has 1 aliphatic carbocycles. The van der Waals surface area contributed by atoms with E-state index in [4.69, 9.17) is 0 Å². The molecule has 0 radical (unpaired) electrons. The number of amides is 1. The summed E-state index contributed by atoms with van der Waals surface area (Å²) in [6, 6.07) is -0.431. The van der Waals surface area contributed by atoms with Crippen LogP contribution >= 0.6 is 0 Å². The van der Waals surface area contributed by atoms with Gasteiger partial charge in [-0.25, -0.2) is 0 Å². The smallest absolute Gasteiger partial charge is 0.334 e. The van der Waals surface area contributed by atoms with Crippen LogP contribution in [0.4, 0.5) is 13.2 Å². The number of alkyl halides is 3. The predicted octanol–water partition coefficient (Wildman–Crippen LogP) is 7.36. The van der Waals surface area contributed by atoms with Crippen molar-refractivity contribution in [1.29, 1.82) is 0 Å². The second-order valence-electron chi connectivity index (χ2n) is 11.3. The Labute approximate surface area is 200 Å². The van der Waals surface area contributed by atoms with Crippen molar-refractivity contribution in [3.8, 4) is 0 Å². The summed E-state index contributed by atoms with van der Waals surface area (Å²) >= 11 is 0. The molecule has 3 nitrogen and oxygen atoms in total. The lowest BCUT2D eigenvalue weighted by atomic mass is 9.56. The molecule has 2 atom stereocenters. The Morgan fingerprint density at radius 2 is 1.58 bits per heavy atom. The zero-order valence-corrected chi connectivity index (χ0v) is 21.7. The van der Waals surface area contributed by atoms with Crippen LogP contribution in [0.1, 0.15) is 105 Å². The van der Waals surface area contributed by atoms with Crippen molar-refractivity contribution in [2.75, 3.05) is 26.7 Å². The van der Waals surface area contributed by atoms with Crippen LogP contribution < -0.4 is 0 Å². The highest BCUT2D eigenvalue weighted by Gasteiger charge is 2.53. The second-order valence-corrected chi connectivity index (χ2v) is 11.3. The minimum Gasteiger partial charge on any atom is -0.334 e. The maximum Gasteiger partial charge on any atom is 0.471 e. The molecule has 1 aliphatic heterocycles. The molecule has 0 aromatic heterocycles. The molecule has 2 rings (SSSR count). The van der Waals surface area contributed by atoms with Crippen molar-refractivity contribution in [1.82, 2.24) is 9.80 Å². The monoisotopic (exact) mass is 472 g/mol. The van der Waals surface area contributed by atoms with Crippen molar-refractivity contribution in [2.24, 2.45) is 10.8 Å². The molecular formula is C27H47F3N2O. The molecule has 0 unspecified atom stereocenters. The van der Waals surface area contributed by atoms with Gasteiger partial charge in [-0.1, -0.05) is 97.1 Å². The van der Waals surface area contributed by atoms with Crippen molar-refractivity contribution in [3.05, 3.63) is 11.6 Å². The van der Waals surface area contributed by atoms with Crippen LogP contribution in [0, 0.1) is 10.8 Å². The molecule has 33 heavy (non-hydrogen) atoms. The van der Waals surface area contributed by atoms with E-state index in [1.807, 2.05) is 13.8 Å². The van der Waals surface area contributed by atoms with E-state index < -0.39 is 23.5 Å². The van der Waals surface area contributed by atoms with E-state index in [0.717, 1.165) is 31.0 Å². The molecule has 6 heteroatoms. The minimum atomic E-state index is -4.82. The highest BCUT2D eigenvalue weighted by Crippen LogP contribution is 2.53. The van der Waals surface area contributed by atoms with Gasteiger partial charge in [-0.2, -0.15) is 13.2 Å². The average Bonchev–Trinajstić information content (AvgIpc) is 2.73. The van der Waals surface area contributed by atoms with Crippen LogP contribution in [0.15, 0.2) is 11.6 Å². The Morgan fingerprint density at radius 3 is 2.12 bits per heavy atom. The molecule has 1 saturated carbocycles. The number of hydrogen-bond acceptors (Lipinski definition) is 2. The SMILES string of the molecule is CCCCCCCCCCCCN1CC=C2C(C)(C)[C@H](N(C)C(=O)C(F)(F)F)CC[C@@]2(C)C1. The van der Waals surface area contributed by atoms with E-state index in [9.17, 15) is 18.0 Å². The van der Waals surface area contributed by atoms with Crippen LogP contribution in [0.2, 0.25) is 0 Å². The zero-order valence-electron chi connectivity index (χ0n) is 21.7. The van der Waals surface area contributed by atoms with Gasteiger partial charge in [0, 0.05) is 37.0 Å². The van der Waals surface area contributed by atoms with Gasteiger partial charge in [0.1, 0.15) is 0 Å². The molecule has 1 fully saturated rings. The molecule has 0 aromatic carbocycles. The summed E-state index contributed by atoms with van der Waals surface area (Å²) in [6.45, 7) is 11.4. The molecule has 0 spiro atoms. The molecule has 0 N–H and O–H groups in total. The summed E-state index contributed by atoms with van der Waals surface area (Å²) in [4.78, 5) is 15.3. The number of fused-ring (bicyclic) bond motifs is 1. The number of carbonyl (C=O) groups excluding carboxylic acids is 1. The Bertz CT molecular complexity index is 658. The first kappa shape index (κ1) is 28.2. The van der Waals surface area contributed by atoms with Crippen LogP contribution in [-0.4, -0.2) is 54.6 Å². The number of unbranched alkanes of at least 4 members (excludes halogenated alkanes) is 9. The van der Waals surface area contributed by atoms with Gasteiger partial charge < -0.3 is 4.90 Å². The minimum absolute atomic E-state index is 0.0289. The first-order valence-electron chi connectivity index (χ1n) is 13.2. The Hall–Kier alpha value is -1.04. The molecule has 0 aromatic rings. The molecule has 2 aliphatic rings. The normalized spacial score (nSPS) is 25.5. The third-order valence-corrected chi connectivity index (χ3v) is 8.13. The Morgan fingerprint density at radius 1 is 1.03 bits per heavy atom. The lowest BCUT2D eigenvalue weighted by Crippen LogP contribution is -2.58. The molecule has 192 valence electrons. The van der Waals surface area contributed by atoms with Crippen molar-refractivity contribution < 1.29 is 18.0 Å². The first-order valence-corrected chi connectivity index (χ1v) is 13.2. The number of rotatable bonds is 12. The lowest BCUT2D eigenvalue weighted by Gasteiger charge is -2.56. The van der Waals surface area contributed by atoms with Crippen LogP contribution in [0.3, 0.4) is 0 Å². The Balaban J connectivity index is 1.82. The number of halogens is 3. The summed E-state index contributed by atoms with van der Waals surface area (Å²) < 4.78 is 39.1. The van der Waals surface area contributed by atoms with E-state index in [-0.39, 0.29) is 5.41 Å². The van der Waals surface area contributed by atoms with Gasteiger partial charge >= 0.3 is 12.1 Å². The van der Waals surface area contributed by atoms with Crippen LogP contribution in [0.25, 0.3) is 0 Å². The summed E-state index contributed by atoms with van der Waals surface area (Å²) in [5.41, 5.74) is 0.734. The summed E-state index contributed by atoms with van der Waals surface area (Å²) in [5, 5.41) is 0. The third kappa shape index (κ3) is 7.47. The first-order chi connectivity index (χ1) is 15.4. The van der Waals surface area contributed by atoms with Crippen molar-refractivity contribution >= 4 is 5.91 Å². The van der Waals surface area contributed by atoms with E-state index in [1.165, 1.54) is 76.8 Å². The fraction of sp³-hybridized carbons (Fsp3) is 0.889. The largest absolute Gasteiger partial charge is 0.471 e. The van der Waals surface area contributed by atoms with Gasteiger partial charge in [0.15, 0.2) is 0 Å². The van der Waals surface area contributed by atoms with E-state index in [1.54, 1.807) is 0 Å². The summed E-state index contributed by atoms with van der Waals surface area (Å²) in [7, 11) is 1.31. The molecular weight excluding hydrogens is 425 g/mol. The predicted molar refractivity (Wildman–Crippen MR) is 130 cm³/mol. The van der Waals surface area contributed by atoms with Crippen molar-refractivity contribution in [3.63, 3.8) is 0 Å². The highest BCUT2D eigenvalue weighted by atomic mass is 19.4. The maximum atomic E-state index is 13.0. The fourth-order valence-corrected chi connectivity index (χ4v) is 6.37. The third-order valence-electron chi connectivity index (χ3n) is 8.13. The van der Waals surface area contributed by atoms with Gasteiger partial charge in [-0.05, 0) is 25.8 Å². The van der Waals surface area contributed by atoms with Gasteiger partial charge in [0.25, 0.3) is 0 Å². The molecule has 1 amide bonds. The number of carbonyl (C=O) groups is 1. The van der Waals surface area contributed by atoms with Crippen LogP contribution in [-0.2, 0) is 4.79 Å². The number of nitrogens with zero attached hydrogens (tertiary/aromatic N) is 2. The fourth-order valence-electron chi connectivity index (χ4n) is 6.37. The maximum absolute atomic E-state index is 13.0. The highest BCUT2D eigenvalue weighted by molar-refractivity contribution is 5.82. The van der Waals surface area contributed by atoms with Gasteiger partial charge in [-0.15, -0.1) is 0 Å². The Kier molecular flexibility index (Phi) is 10.3. The molecule has 0 bridgehead atoms.